The first-order valence-electron chi connectivity index (χ1n) is 2.55. The molecule has 1 aromatic rings. The van der Waals surface area contributed by atoms with E-state index in [0.717, 1.165) is 0 Å². The Morgan fingerprint density at radius 2 is 2.11 bits per heavy atom. The van der Waals surface area contributed by atoms with Gasteiger partial charge in [-0.15, -0.1) is 0 Å². The summed E-state index contributed by atoms with van der Waals surface area (Å²) in [5, 5.41) is 0. The molecule has 0 radical (unpaired) electrons. The van der Waals surface area contributed by atoms with Gasteiger partial charge in [-0.25, -0.2) is 0 Å². The van der Waals surface area contributed by atoms with Crippen molar-refractivity contribution in [1.29, 1.82) is 0 Å². The highest BCUT2D eigenvalue weighted by molar-refractivity contribution is 5.43. The first-order chi connectivity index (χ1) is 4.33. The number of anilines is 1. The van der Waals surface area contributed by atoms with Crippen LogP contribution in [0.15, 0.2) is 24.3 Å². The molecule has 0 aromatic heterocycles. The highest BCUT2D eigenvalue weighted by atomic mass is 16.6. The summed E-state index contributed by atoms with van der Waals surface area (Å²) in [4.78, 5) is 4.42. The molecule has 9 heavy (non-hydrogen) atoms. The van der Waals surface area contributed by atoms with Crippen LogP contribution in [-0.2, 0) is 0 Å². The van der Waals surface area contributed by atoms with Crippen LogP contribution in [-0.4, -0.2) is 0 Å². The van der Waals surface area contributed by atoms with E-state index < -0.39 is 0 Å². The van der Waals surface area contributed by atoms with Crippen molar-refractivity contribution in [3.63, 3.8) is 0 Å². The maximum absolute atomic E-state index is 5.40. The molecule has 0 aliphatic rings. The summed E-state index contributed by atoms with van der Waals surface area (Å²) in [5.41, 5.74) is 6.05. The zero-order valence-corrected chi connectivity index (χ0v) is 4.87. The first-order valence-corrected chi connectivity index (χ1v) is 2.55. The number of nitrogens with two attached hydrogens (primary N) is 2. The smallest absolute Gasteiger partial charge is 0.148 e. The maximum atomic E-state index is 5.40. The van der Waals surface area contributed by atoms with E-state index in [0.29, 0.717) is 11.4 Å². The minimum absolute atomic E-state index is 0.579. The Kier molecular flexibility index (Phi) is 1.55. The van der Waals surface area contributed by atoms with E-state index in [1.54, 1.807) is 24.3 Å². The van der Waals surface area contributed by atoms with Gasteiger partial charge in [-0.05, 0) is 12.1 Å². The van der Waals surface area contributed by atoms with Crippen LogP contribution in [0.3, 0.4) is 0 Å². The molecule has 0 aliphatic carbocycles. The van der Waals surface area contributed by atoms with Gasteiger partial charge in [0, 0.05) is 11.8 Å². The summed E-state index contributed by atoms with van der Waals surface area (Å²) in [6.45, 7) is 0. The van der Waals surface area contributed by atoms with Crippen LogP contribution in [0, 0.1) is 0 Å². The molecular weight excluding hydrogens is 116 g/mol. The van der Waals surface area contributed by atoms with Gasteiger partial charge in [-0.3, -0.25) is 0 Å². The molecular formula is C6H8N2O. The SMILES string of the molecule is NOc1cccc(N)c1. The Morgan fingerprint density at radius 1 is 1.33 bits per heavy atom. The van der Waals surface area contributed by atoms with E-state index in [2.05, 4.69) is 4.84 Å². The molecule has 0 bridgehead atoms. The van der Waals surface area contributed by atoms with Crippen molar-refractivity contribution in [2.24, 2.45) is 5.90 Å². The third-order valence-electron chi connectivity index (χ3n) is 0.994. The third-order valence-corrected chi connectivity index (χ3v) is 0.994. The summed E-state index contributed by atoms with van der Waals surface area (Å²) >= 11 is 0. The van der Waals surface area contributed by atoms with E-state index in [1.807, 2.05) is 0 Å². The molecule has 1 rings (SSSR count). The Bertz CT molecular complexity index is 200. The Hall–Kier alpha value is -1.22. The zero-order chi connectivity index (χ0) is 6.69. The fourth-order valence-corrected chi connectivity index (χ4v) is 0.588. The summed E-state index contributed by atoms with van der Waals surface area (Å²) in [5.74, 6) is 5.44. The van der Waals surface area contributed by atoms with Crippen molar-refractivity contribution in [2.45, 2.75) is 0 Å². The van der Waals surface area contributed by atoms with Gasteiger partial charge in [-0.1, -0.05) is 6.07 Å². The molecule has 0 aliphatic heterocycles. The Balaban J connectivity index is 2.94. The second-order valence-corrected chi connectivity index (χ2v) is 1.69. The van der Waals surface area contributed by atoms with Gasteiger partial charge < -0.3 is 10.6 Å². The number of hydrogen-bond acceptors (Lipinski definition) is 3. The number of benzene rings is 1. The second-order valence-electron chi connectivity index (χ2n) is 1.69. The quantitative estimate of drug-likeness (QED) is 0.424. The maximum Gasteiger partial charge on any atom is 0.148 e. The standard InChI is InChI=1S/C6H8N2O/c7-5-2-1-3-6(4-5)9-8/h1-4H,7-8H2. The van der Waals surface area contributed by atoms with E-state index in [9.17, 15) is 0 Å². The molecule has 0 unspecified atom stereocenters. The zero-order valence-electron chi connectivity index (χ0n) is 4.87. The summed E-state index contributed by atoms with van der Waals surface area (Å²) in [7, 11) is 0. The largest absolute Gasteiger partial charge is 0.411 e. The number of rotatable bonds is 1. The van der Waals surface area contributed by atoms with Gasteiger partial charge in [0.05, 0.1) is 0 Å². The van der Waals surface area contributed by atoms with E-state index in [4.69, 9.17) is 11.6 Å². The topological polar surface area (TPSA) is 61.3 Å². The minimum Gasteiger partial charge on any atom is -0.411 e. The predicted molar refractivity (Wildman–Crippen MR) is 35.7 cm³/mol. The molecule has 0 heterocycles. The van der Waals surface area contributed by atoms with Crippen LogP contribution >= 0.6 is 0 Å². The molecule has 0 spiro atoms. The average molecular weight is 124 g/mol. The number of hydrogen-bond donors (Lipinski definition) is 2. The normalized spacial score (nSPS) is 9.00. The molecule has 0 atom stereocenters. The van der Waals surface area contributed by atoms with Crippen molar-refractivity contribution in [2.75, 3.05) is 5.73 Å². The summed E-state index contributed by atoms with van der Waals surface area (Å²) in [6, 6.07) is 6.93. The van der Waals surface area contributed by atoms with Gasteiger partial charge in [0.15, 0.2) is 0 Å². The van der Waals surface area contributed by atoms with Gasteiger partial charge in [-0.2, -0.15) is 5.90 Å². The lowest BCUT2D eigenvalue weighted by Crippen LogP contribution is -2.01. The Labute approximate surface area is 53.2 Å². The fraction of sp³-hybridized carbons (Fsp3) is 0. The second kappa shape index (κ2) is 2.37. The van der Waals surface area contributed by atoms with Crippen molar-refractivity contribution in [3.8, 4) is 5.75 Å². The van der Waals surface area contributed by atoms with Gasteiger partial charge in [0.1, 0.15) is 5.75 Å². The van der Waals surface area contributed by atoms with Crippen molar-refractivity contribution in [1.82, 2.24) is 0 Å². The monoisotopic (exact) mass is 124 g/mol. The van der Waals surface area contributed by atoms with Crippen molar-refractivity contribution in [3.05, 3.63) is 24.3 Å². The van der Waals surface area contributed by atoms with E-state index in [1.165, 1.54) is 0 Å². The van der Waals surface area contributed by atoms with Crippen LogP contribution in [0.25, 0.3) is 0 Å². The van der Waals surface area contributed by atoms with E-state index in [-0.39, 0.29) is 0 Å². The summed E-state index contributed by atoms with van der Waals surface area (Å²) in [6.07, 6.45) is 0. The molecule has 0 amide bonds. The minimum atomic E-state index is 0.579. The average Bonchev–Trinajstić information content (AvgIpc) is 1.88. The van der Waals surface area contributed by atoms with Crippen LogP contribution in [0.4, 0.5) is 5.69 Å². The highest BCUT2D eigenvalue weighted by Crippen LogP contribution is 2.11. The molecule has 3 heteroatoms. The van der Waals surface area contributed by atoms with Crippen LogP contribution < -0.4 is 16.5 Å². The van der Waals surface area contributed by atoms with Crippen LogP contribution in [0.5, 0.6) is 5.75 Å². The summed E-state index contributed by atoms with van der Waals surface area (Å²) < 4.78 is 0. The molecule has 48 valence electrons. The molecule has 3 nitrogen and oxygen atoms in total. The van der Waals surface area contributed by atoms with Gasteiger partial charge >= 0.3 is 0 Å². The van der Waals surface area contributed by atoms with E-state index >= 15 is 0 Å². The van der Waals surface area contributed by atoms with Gasteiger partial charge in [0.25, 0.3) is 0 Å². The molecule has 0 fully saturated rings. The molecule has 1 aromatic carbocycles. The lowest BCUT2D eigenvalue weighted by Gasteiger charge is -1.96. The molecule has 0 saturated heterocycles. The fourth-order valence-electron chi connectivity index (χ4n) is 0.588. The molecule has 0 saturated carbocycles. The predicted octanol–water partition coefficient (Wildman–Crippen LogP) is 0.521. The van der Waals surface area contributed by atoms with Crippen molar-refractivity contribution >= 4 is 5.69 Å². The van der Waals surface area contributed by atoms with Crippen LogP contribution in [0.1, 0.15) is 0 Å². The van der Waals surface area contributed by atoms with Gasteiger partial charge in [0.2, 0.25) is 0 Å². The van der Waals surface area contributed by atoms with Crippen LogP contribution in [0.2, 0.25) is 0 Å². The third kappa shape index (κ3) is 1.33. The Morgan fingerprint density at radius 3 is 2.56 bits per heavy atom. The first kappa shape index (κ1) is 5.91. The molecule has 4 N–H and O–H groups in total. The lowest BCUT2D eigenvalue weighted by atomic mass is 10.3. The lowest BCUT2D eigenvalue weighted by molar-refractivity contribution is 0.334. The number of nitrogen functional groups attached to an aromatic ring is 1. The highest BCUT2D eigenvalue weighted by Gasteiger charge is 1.88. The van der Waals surface area contributed by atoms with Crippen molar-refractivity contribution < 1.29 is 4.84 Å².